The predicted molar refractivity (Wildman–Crippen MR) is 78.1 cm³/mol. The van der Waals surface area contributed by atoms with Crippen LogP contribution in [0.3, 0.4) is 0 Å². The second-order valence-corrected chi connectivity index (χ2v) is 14.9. The normalized spacial score (nSPS) is 25.6. The fourth-order valence-corrected chi connectivity index (χ4v) is 13.0. The van der Waals surface area contributed by atoms with Gasteiger partial charge in [-0.25, -0.2) is 0 Å². The summed E-state index contributed by atoms with van der Waals surface area (Å²) in [5.74, 6) is -0.556. The van der Waals surface area contributed by atoms with Crippen LogP contribution in [-0.4, -0.2) is 44.9 Å². The van der Waals surface area contributed by atoms with Gasteiger partial charge in [0.25, 0.3) is 0 Å². The van der Waals surface area contributed by atoms with Gasteiger partial charge in [-0.15, -0.1) is 0 Å². The zero-order valence-electron chi connectivity index (χ0n) is 12.8. The van der Waals surface area contributed by atoms with Crippen LogP contribution in [0.15, 0.2) is 18.9 Å². The minimum absolute atomic E-state index is 0.00185. The fourth-order valence-electron chi connectivity index (χ4n) is 2.92. The van der Waals surface area contributed by atoms with E-state index in [2.05, 4.69) is 20.8 Å². The van der Waals surface area contributed by atoms with E-state index >= 15 is 0 Å². The molecule has 0 bridgehead atoms. The molecule has 1 atom stereocenters. The van der Waals surface area contributed by atoms with Gasteiger partial charge in [0.1, 0.15) is 0 Å². The molecule has 5 nitrogen and oxygen atoms in total. The van der Waals surface area contributed by atoms with E-state index in [0.717, 1.165) is 4.18 Å². The van der Waals surface area contributed by atoms with Crippen LogP contribution in [0.1, 0.15) is 34.6 Å². The summed E-state index contributed by atoms with van der Waals surface area (Å²) in [7, 11) is 0. The average Bonchev–Trinajstić information content (AvgIpc) is 2.81. The van der Waals surface area contributed by atoms with Crippen LogP contribution in [0.4, 0.5) is 0 Å². The summed E-state index contributed by atoms with van der Waals surface area (Å²) in [5, 5.41) is 11.3. The van der Waals surface area contributed by atoms with Gasteiger partial charge in [0.2, 0.25) is 0 Å². The molecule has 2 rings (SSSR count). The summed E-state index contributed by atoms with van der Waals surface area (Å²) in [5.41, 5.74) is 0.00395. The Bertz CT molecular complexity index is 476. The van der Waals surface area contributed by atoms with Gasteiger partial charge in [0.05, 0.1) is 0 Å². The molecule has 0 amide bonds. The molecule has 0 radical (unpaired) electrons. The summed E-state index contributed by atoms with van der Waals surface area (Å²) in [6.07, 6.45) is 3.71. The number of nitrogens with zero attached hydrogens (tertiary/aromatic N) is 1. The standard InChI is InChI=1S/C8H11NO2.C6H11O2.In/c1-8(2,3)6-4-5-7-9(10)11;1-5-4-7-6(2,3)8-5;/h4-5H,1-3H3;5H,1,4H2,2-3H3;/t;5-;/m.0./s1. The van der Waals surface area contributed by atoms with Crippen LogP contribution in [0.2, 0.25) is 4.18 Å². The maximum atomic E-state index is 11.3. The van der Waals surface area contributed by atoms with Gasteiger partial charge in [0.15, 0.2) is 0 Å². The maximum absolute atomic E-state index is 11.3. The summed E-state index contributed by atoms with van der Waals surface area (Å²) in [4.78, 5) is 11.1. The molecule has 0 aromatic rings. The van der Waals surface area contributed by atoms with E-state index in [-0.39, 0.29) is 16.4 Å². The third-order valence-electron chi connectivity index (χ3n) is 3.81. The topological polar surface area (TPSA) is 61.6 Å². The summed E-state index contributed by atoms with van der Waals surface area (Å²) < 4.78 is 14.0. The molecular formula is C14H22InNO4. The van der Waals surface area contributed by atoms with E-state index in [0.29, 0.717) is 10.1 Å². The molecule has 0 aromatic carbocycles. The number of ether oxygens (including phenoxy) is 2. The second kappa shape index (κ2) is 5.46. The van der Waals surface area contributed by atoms with Gasteiger partial charge in [0, 0.05) is 0 Å². The first-order valence-electron chi connectivity index (χ1n) is 6.98. The first kappa shape index (κ1) is 16.0. The molecule has 2 aliphatic heterocycles. The molecule has 0 aliphatic carbocycles. The average molecular weight is 383 g/mol. The van der Waals surface area contributed by atoms with Gasteiger partial charge in [-0.2, -0.15) is 0 Å². The molecule has 2 heterocycles. The first-order chi connectivity index (χ1) is 9.10. The Morgan fingerprint density at radius 2 is 2.10 bits per heavy atom. The molecule has 6 heteroatoms. The molecular weight excluding hydrogens is 361 g/mol. The van der Waals surface area contributed by atoms with Crippen molar-refractivity contribution in [1.82, 2.24) is 0 Å². The molecule has 0 unspecified atom stereocenters. The van der Waals surface area contributed by atoms with Crippen LogP contribution in [-0.2, 0) is 9.47 Å². The summed E-state index contributed by atoms with van der Waals surface area (Å²) >= 11 is -2.61. The predicted octanol–water partition coefficient (Wildman–Crippen LogP) is 2.86. The van der Waals surface area contributed by atoms with Crippen molar-refractivity contribution in [2.75, 3.05) is 6.61 Å². The molecule has 110 valence electrons. The quantitative estimate of drug-likeness (QED) is 0.556. The zero-order valence-corrected chi connectivity index (χ0v) is 16.1. The molecule has 0 saturated carbocycles. The van der Waals surface area contributed by atoms with Crippen molar-refractivity contribution >= 4 is 21.4 Å². The summed E-state index contributed by atoms with van der Waals surface area (Å²) in [6.45, 7) is 10.7. The van der Waals surface area contributed by atoms with E-state index in [9.17, 15) is 10.1 Å². The van der Waals surface area contributed by atoms with E-state index < -0.39 is 27.2 Å². The SMILES string of the molecule is CC1(C)OC[C@H]([CH2][In]2[C]([N+](=O)[O-])=CC=[C]2C(C)(C)C)O1. The van der Waals surface area contributed by atoms with Crippen molar-refractivity contribution < 1.29 is 14.4 Å². The van der Waals surface area contributed by atoms with Crippen molar-refractivity contribution in [3.63, 3.8) is 0 Å². The molecule has 0 N–H and O–H groups in total. The number of allylic oxidation sites excluding steroid dienone is 3. The molecule has 1 fully saturated rings. The number of hydrogen-bond donors (Lipinski definition) is 0. The first-order valence-corrected chi connectivity index (χ1v) is 12.6. The number of nitro groups is 1. The van der Waals surface area contributed by atoms with Gasteiger partial charge in [-0.1, -0.05) is 0 Å². The Morgan fingerprint density at radius 3 is 2.55 bits per heavy atom. The van der Waals surface area contributed by atoms with Crippen LogP contribution in [0.25, 0.3) is 0 Å². The monoisotopic (exact) mass is 383 g/mol. The third kappa shape index (κ3) is 3.46. The second-order valence-electron chi connectivity index (χ2n) is 6.96. The van der Waals surface area contributed by atoms with Gasteiger partial charge >= 0.3 is 128 Å². The molecule has 0 aromatic heterocycles. The van der Waals surface area contributed by atoms with Gasteiger partial charge < -0.3 is 0 Å². The Balaban J connectivity index is 2.15. The zero-order chi connectivity index (χ0) is 15.1. The van der Waals surface area contributed by atoms with E-state index in [1.54, 1.807) is 6.08 Å². The van der Waals surface area contributed by atoms with Crippen LogP contribution in [0.5, 0.6) is 0 Å². The number of rotatable bonds is 3. The van der Waals surface area contributed by atoms with Crippen LogP contribution in [0, 0.1) is 15.5 Å². The Morgan fingerprint density at radius 1 is 1.45 bits per heavy atom. The van der Waals surface area contributed by atoms with Crippen molar-refractivity contribution in [3.05, 3.63) is 29.0 Å². The molecule has 20 heavy (non-hydrogen) atoms. The fraction of sp³-hybridized carbons (Fsp3) is 0.714. The van der Waals surface area contributed by atoms with Crippen molar-refractivity contribution in [2.24, 2.45) is 5.41 Å². The minimum atomic E-state index is -2.61. The van der Waals surface area contributed by atoms with Crippen LogP contribution < -0.4 is 0 Å². The van der Waals surface area contributed by atoms with Crippen molar-refractivity contribution in [3.8, 4) is 0 Å². The van der Waals surface area contributed by atoms with Crippen molar-refractivity contribution in [2.45, 2.75) is 50.7 Å². The molecule has 2 aliphatic rings. The van der Waals surface area contributed by atoms with Crippen LogP contribution >= 0.6 is 0 Å². The van der Waals surface area contributed by atoms with E-state index in [1.165, 1.54) is 3.33 Å². The number of hydrogen-bond acceptors (Lipinski definition) is 4. The Kier molecular flexibility index (Phi) is 4.38. The molecule has 1 saturated heterocycles. The van der Waals surface area contributed by atoms with Gasteiger partial charge in [-0.05, 0) is 0 Å². The van der Waals surface area contributed by atoms with E-state index in [4.69, 9.17) is 9.47 Å². The Hall–Kier alpha value is -0.330. The van der Waals surface area contributed by atoms with E-state index in [1.807, 2.05) is 19.9 Å². The summed E-state index contributed by atoms with van der Waals surface area (Å²) in [6, 6.07) is 0. The van der Waals surface area contributed by atoms with Crippen molar-refractivity contribution in [1.29, 1.82) is 0 Å². The third-order valence-corrected chi connectivity index (χ3v) is 15.0. The van der Waals surface area contributed by atoms with Gasteiger partial charge in [-0.3, -0.25) is 0 Å². The molecule has 0 spiro atoms. The Labute approximate surface area is 127 Å².